The van der Waals surface area contributed by atoms with E-state index in [1.807, 2.05) is 31.2 Å². The summed E-state index contributed by atoms with van der Waals surface area (Å²) in [6, 6.07) is 12.3. The minimum atomic E-state index is 0.483. The topological polar surface area (TPSA) is 38.7 Å². The first-order chi connectivity index (χ1) is 9.72. The van der Waals surface area contributed by atoms with Gasteiger partial charge in [-0.3, -0.25) is 0 Å². The van der Waals surface area contributed by atoms with E-state index in [0.29, 0.717) is 11.0 Å². The number of halogens is 1. The molecule has 1 aromatic carbocycles. The van der Waals surface area contributed by atoms with Crippen LogP contribution in [-0.4, -0.2) is 15.0 Å². The molecule has 5 heteroatoms. The normalized spacial score (nSPS) is 10.9. The second-order valence-corrected chi connectivity index (χ2v) is 5.73. The Bertz CT molecular complexity index is 747. The Morgan fingerprint density at radius 3 is 2.75 bits per heavy atom. The van der Waals surface area contributed by atoms with Gasteiger partial charge < -0.3 is 0 Å². The lowest BCUT2D eigenvalue weighted by atomic mass is 10.2. The summed E-state index contributed by atoms with van der Waals surface area (Å²) in [7, 11) is 0. The summed E-state index contributed by atoms with van der Waals surface area (Å²) in [5, 5.41) is 2.26. The van der Waals surface area contributed by atoms with Crippen molar-refractivity contribution in [3.63, 3.8) is 0 Å². The van der Waals surface area contributed by atoms with Crippen molar-refractivity contribution in [2.45, 2.75) is 17.7 Å². The predicted octanol–water partition coefficient (Wildman–Crippen LogP) is 4.28. The minimum Gasteiger partial charge on any atom is -0.248 e. The summed E-state index contributed by atoms with van der Waals surface area (Å²) in [6.07, 6.45) is 1.75. The molecule has 0 spiro atoms. The van der Waals surface area contributed by atoms with E-state index < -0.39 is 0 Å². The van der Waals surface area contributed by atoms with Crippen molar-refractivity contribution in [1.29, 1.82) is 0 Å². The molecule has 100 valence electrons. The first-order valence-corrected chi connectivity index (χ1v) is 7.55. The van der Waals surface area contributed by atoms with Crippen LogP contribution in [0.3, 0.4) is 0 Å². The van der Waals surface area contributed by atoms with E-state index in [1.165, 1.54) is 5.56 Å². The van der Waals surface area contributed by atoms with Crippen LogP contribution in [0, 0.1) is 6.92 Å². The van der Waals surface area contributed by atoms with Crippen molar-refractivity contribution in [2.24, 2.45) is 0 Å². The van der Waals surface area contributed by atoms with Gasteiger partial charge in [-0.1, -0.05) is 41.9 Å². The van der Waals surface area contributed by atoms with Crippen molar-refractivity contribution in [3.05, 3.63) is 59.1 Å². The lowest BCUT2D eigenvalue weighted by Gasteiger charge is -2.04. The van der Waals surface area contributed by atoms with E-state index in [1.54, 1.807) is 18.0 Å². The Labute approximate surface area is 126 Å². The molecule has 0 amide bonds. The number of pyridine rings is 1. The van der Waals surface area contributed by atoms with Gasteiger partial charge in [0, 0.05) is 11.1 Å². The molecular formula is C15H12ClN3S. The van der Waals surface area contributed by atoms with Crippen molar-refractivity contribution < 1.29 is 0 Å². The lowest BCUT2D eigenvalue weighted by Crippen LogP contribution is -1.92. The van der Waals surface area contributed by atoms with E-state index in [9.17, 15) is 0 Å². The van der Waals surface area contributed by atoms with Gasteiger partial charge in [0.15, 0.2) is 0 Å². The summed E-state index contributed by atoms with van der Waals surface area (Å²) < 4.78 is 0. The standard InChI is InChI=1S/C15H12ClN3S/c1-10-18-13-8-17-14(7-12(13)15(16)19-10)20-9-11-5-3-2-4-6-11/h2-8H,9H2,1H3. The minimum absolute atomic E-state index is 0.483. The zero-order valence-electron chi connectivity index (χ0n) is 10.9. The summed E-state index contributed by atoms with van der Waals surface area (Å²) in [5.41, 5.74) is 2.05. The van der Waals surface area contributed by atoms with Crippen molar-refractivity contribution in [3.8, 4) is 0 Å². The highest BCUT2D eigenvalue weighted by Gasteiger charge is 2.06. The molecule has 2 heterocycles. The largest absolute Gasteiger partial charge is 0.248 e. The molecule has 0 fully saturated rings. The van der Waals surface area contributed by atoms with Crippen molar-refractivity contribution >= 4 is 34.3 Å². The Morgan fingerprint density at radius 1 is 1.15 bits per heavy atom. The van der Waals surface area contributed by atoms with Crippen molar-refractivity contribution in [2.75, 3.05) is 0 Å². The highest BCUT2D eigenvalue weighted by Crippen LogP contribution is 2.26. The van der Waals surface area contributed by atoms with Gasteiger partial charge in [-0.05, 0) is 18.6 Å². The number of hydrogen-bond acceptors (Lipinski definition) is 4. The molecular weight excluding hydrogens is 290 g/mol. The quantitative estimate of drug-likeness (QED) is 0.534. The van der Waals surface area contributed by atoms with E-state index in [2.05, 4.69) is 27.1 Å². The molecule has 0 aliphatic heterocycles. The third-order valence-corrected chi connectivity index (χ3v) is 4.14. The fourth-order valence-corrected chi connectivity index (χ4v) is 3.00. The van der Waals surface area contributed by atoms with Crippen LogP contribution in [0.25, 0.3) is 10.9 Å². The highest BCUT2D eigenvalue weighted by molar-refractivity contribution is 7.98. The molecule has 0 N–H and O–H groups in total. The molecule has 0 aliphatic rings. The fraction of sp³-hybridized carbons (Fsp3) is 0.133. The fourth-order valence-electron chi connectivity index (χ4n) is 1.90. The molecule has 2 aromatic heterocycles. The molecule has 3 nitrogen and oxygen atoms in total. The van der Waals surface area contributed by atoms with Gasteiger partial charge >= 0.3 is 0 Å². The number of benzene rings is 1. The third kappa shape index (κ3) is 2.92. The summed E-state index contributed by atoms with van der Waals surface area (Å²) in [5.74, 6) is 1.54. The van der Waals surface area contributed by atoms with Crippen LogP contribution >= 0.6 is 23.4 Å². The average Bonchev–Trinajstić information content (AvgIpc) is 2.46. The highest BCUT2D eigenvalue weighted by atomic mass is 35.5. The summed E-state index contributed by atoms with van der Waals surface area (Å²) in [4.78, 5) is 12.9. The van der Waals surface area contributed by atoms with Crippen LogP contribution in [0.2, 0.25) is 5.15 Å². The number of aryl methyl sites for hydroxylation is 1. The maximum absolute atomic E-state index is 6.16. The van der Waals surface area contributed by atoms with Gasteiger partial charge in [0.25, 0.3) is 0 Å². The smallest absolute Gasteiger partial charge is 0.140 e. The van der Waals surface area contributed by atoms with E-state index in [-0.39, 0.29) is 0 Å². The Morgan fingerprint density at radius 2 is 1.95 bits per heavy atom. The maximum atomic E-state index is 6.16. The summed E-state index contributed by atoms with van der Waals surface area (Å²) >= 11 is 7.84. The molecule has 0 unspecified atom stereocenters. The van der Waals surface area contributed by atoms with E-state index in [4.69, 9.17) is 11.6 Å². The number of hydrogen-bond donors (Lipinski definition) is 0. The number of nitrogens with zero attached hydrogens (tertiary/aromatic N) is 3. The van der Waals surface area contributed by atoms with Crippen molar-refractivity contribution in [1.82, 2.24) is 15.0 Å². The van der Waals surface area contributed by atoms with Gasteiger partial charge in [-0.15, -0.1) is 11.8 Å². The lowest BCUT2D eigenvalue weighted by molar-refractivity contribution is 1.07. The van der Waals surface area contributed by atoms with Gasteiger partial charge in [0.05, 0.1) is 16.7 Å². The van der Waals surface area contributed by atoms with Crippen LogP contribution in [0.1, 0.15) is 11.4 Å². The van der Waals surface area contributed by atoms with Gasteiger partial charge in [0.2, 0.25) is 0 Å². The Kier molecular flexibility index (Phi) is 3.85. The predicted molar refractivity (Wildman–Crippen MR) is 83.1 cm³/mol. The Balaban J connectivity index is 1.86. The first kappa shape index (κ1) is 13.3. The van der Waals surface area contributed by atoms with Gasteiger partial charge in [0.1, 0.15) is 11.0 Å². The molecule has 0 saturated carbocycles. The molecule has 0 aliphatic carbocycles. The molecule has 0 saturated heterocycles. The molecule has 3 rings (SSSR count). The van der Waals surface area contributed by atoms with Crippen LogP contribution in [-0.2, 0) is 5.75 Å². The molecule has 0 bridgehead atoms. The molecule has 20 heavy (non-hydrogen) atoms. The van der Waals surface area contributed by atoms with Gasteiger partial charge in [-0.25, -0.2) is 15.0 Å². The zero-order valence-corrected chi connectivity index (χ0v) is 12.4. The summed E-state index contributed by atoms with van der Waals surface area (Å²) in [6.45, 7) is 1.82. The number of rotatable bonds is 3. The van der Waals surface area contributed by atoms with Crippen LogP contribution in [0.15, 0.2) is 47.6 Å². The molecule has 0 atom stereocenters. The molecule has 0 radical (unpaired) electrons. The monoisotopic (exact) mass is 301 g/mol. The van der Waals surface area contributed by atoms with Crippen LogP contribution < -0.4 is 0 Å². The second-order valence-electron chi connectivity index (χ2n) is 4.38. The maximum Gasteiger partial charge on any atom is 0.140 e. The third-order valence-electron chi connectivity index (χ3n) is 2.85. The average molecular weight is 302 g/mol. The number of thioether (sulfide) groups is 1. The van der Waals surface area contributed by atoms with Crippen LogP contribution in [0.5, 0.6) is 0 Å². The number of fused-ring (bicyclic) bond motifs is 1. The van der Waals surface area contributed by atoms with E-state index in [0.717, 1.165) is 21.7 Å². The number of aromatic nitrogens is 3. The van der Waals surface area contributed by atoms with Gasteiger partial charge in [-0.2, -0.15) is 0 Å². The SMILES string of the molecule is Cc1nc(Cl)c2cc(SCc3ccccc3)ncc2n1. The Hall–Kier alpha value is -1.65. The molecule has 3 aromatic rings. The first-order valence-electron chi connectivity index (χ1n) is 6.19. The van der Waals surface area contributed by atoms with E-state index >= 15 is 0 Å². The van der Waals surface area contributed by atoms with Crippen LogP contribution in [0.4, 0.5) is 0 Å². The second kappa shape index (κ2) is 5.77. The zero-order chi connectivity index (χ0) is 13.9.